The van der Waals surface area contributed by atoms with Gasteiger partial charge in [0, 0.05) is 50.2 Å². The molecule has 1 aromatic heterocycles. The molecule has 144 valence electrons. The molecule has 1 N–H and O–H groups in total. The molecular weight excluding hydrogens is 352 g/mol. The Labute approximate surface area is 164 Å². The smallest absolute Gasteiger partial charge is 0.277 e. The lowest BCUT2D eigenvalue weighted by Gasteiger charge is -2.36. The minimum Gasteiger partial charge on any atom is -0.369 e. The number of aryl methyl sites for hydroxylation is 1. The van der Waals surface area contributed by atoms with Gasteiger partial charge >= 0.3 is 0 Å². The third-order valence-electron chi connectivity index (χ3n) is 4.97. The Morgan fingerprint density at radius 2 is 1.75 bits per heavy atom. The average Bonchev–Trinajstić information content (AvgIpc) is 3.17. The highest BCUT2D eigenvalue weighted by atomic mass is 16.5. The van der Waals surface area contributed by atoms with E-state index in [-0.39, 0.29) is 11.6 Å². The Hall–Kier alpha value is -3.12. The van der Waals surface area contributed by atoms with E-state index in [0.29, 0.717) is 5.76 Å². The van der Waals surface area contributed by atoms with E-state index in [9.17, 15) is 4.79 Å². The Morgan fingerprint density at radius 1 is 1.04 bits per heavy atom. The number of aromatic nitrogens is 1. The summed E-state index contributed by atoms with van der Waals surface area (Å²) in [4.78, 5) is 17.0. The molecule has 2 heterocycles. The Kier molecular flexibility index (Phi) is 5.39. The van der Waals surface area contributed by atoms with Gasteiger partial charge in [-0.1, -0.05) is 35.5 Å². The summed E-state index contributed by atoms with van der Waals surface area (Å²) in [6.07, 6.45) is 0. The molecule has 0 unspecified atom stereocenters. The van der Waals surface area contributed by atoms with Crippen molar-refractivity contribution in [2.45, 2.75) is 13.5 Å². The maximum atomic E-state index is 12.2. The Bertz CT molecular complexity index is 913. The van der Waals surface area contributed by atoms with E-state index in [0.717, 1.165) is 38.4 Å². The molecule has 1 fully saturated rings. The zero-order valence-electron chi connectivity index (χ0n) is 16.0. The summed E-state index contributed by atoms with van der Waals surface area (Å²) in [5.41, 5.74) is 3.57. The minimum atomic E-state index is -0.265. The summed E-state index contributed by atoms with van der Waals surface area (Å²) in [6, 6.07) is 20.2. The summed E-state index contributed by atoms with van der Waals surface area (Å²) in [5.74, 6) is 0.353. The van der Waals surface area contributed by atoms with Gasteiger partial charge in [-0.25, -0.2) is 0 Å². The Morgan fingerprint density at radius 3 is 2.39 bits per heavy atom. The van der Waals surface area contributed by atoms with Crippen molar-refractivity contribution in [3.05, 3.63) is 77.7 Å². The van der Waals surface area contributed by atoms with E-state index >= 15 is 0 Å². The molecule has 6 nitrogen and oxygen atoms in total. The van der Waals surface area contributed by atoms with Crippen molar-refractivity contribution in [2.24, 2.45) is 0 Å². The number of rotatable bonds is 5. The minimum absolute atomic E-state index is 0.265. The van der Waals surface area contributed by atoms with Gasteiger partial charge in [0.05, 0.1) is 0 Å². The molecule has 1 aliphatic heterocycles. The molecule has 1 aliphatic rings. The number of amides is 1. The summed E-state index contributed by atoms with van der Waals surface area (Å²) in [5, 5.41) is 6.59. The van der Waals surface area contributed by atoms with Gasteiger partial charge in [0.2, 0.25) is 0 Å². The molecule has 0 bridgehead atoms. The fourth-order valence-electron chi connectivity index (χ4n) is 3.43. The number of carbonyl (C=O) groups is 1. The van der Waals surface area contributed by atoms with Gasteiger partial charge in [-0.05, 0) is 36.8 Å². The maximum absolute atomic E-state index is 12.2. The van der Waals surface area contributed by atoms with Crippen LogP contribution in [0, 0.1) is 6.92 Å². The molecule has 2 aromatic carbocycles. The van der Waals surface area contributed by atoms with Crippen molar-refractivity contribution in [3.8, 4) is 0 Å². The van der Waals surface area contributed by atoms with E-state index in [4.69, 9.17) is 4.52 Å². The van der Waals surface area contributed by atoms with Gasteiger partial charge in [0.25, 0.3) is 5.91 Å². The number of nitrogens with one attached hydrogen (secondary N) is 1. The van der Waals surface area contributed by atoms with Crippen LogP contribution >= 0.6 is 0 Å². The number of hydrogen-bond acceptors (Lipinski definition) is 5. The number of benzene rings is 2. The van der Waals surface area contributed by atoms with Crippen molar-refractivity contribution in [2.75, 3.05) is 36.4 Å². The predicted molar refractivity (Wildman–Crippen MR) is 110 cm³/mol. The molecule has 6 heteroatoms. The first-order valence-corrected chi connectivity index (χ1v) is 9.53. The zero-order valence-corrected chi connectivity index (χ0v) is 16.0. The molecule has 0 spiro atoms. The lowest BCUT2D eigenvalue weighted by atomic mass is 10.2. The molecule has 0 atom stereocenters. The van der Waals surface area contributed by atoms with Crippen LogP contribution in [0.15, 0.2) is 65.2 Å². The van der Waals surface area contributed by atoms with Gasteiger partial charge in [-0.2, -0.15) is 0 Å². The summed E-state index contributed by atoms with van der Waals surface area (Å²) >= 11 is 0. The number of hydrogen-bond donors (Lipinski definition) is 1. The molecule has 0 radical (unpaired) electrons. The molecule has 4 rings (SSSR count). The average molecular weight is 376 g/mol. The van der Waals surface area contributed by atoms with Crippen LogP contribution < -0.4 is 10.2 Å². The highest BCUT2D eigenvalue weighted by molar-refractivity contribution is 6.02. The van der Waals surface area contributed by atoms with E-state index in [2.05, 4.69) is 62.7 Å². The van der Waals surface area contributed by atoms with Crippen molar-refractivity contribution < 1.29 is 9.32 Å². The van der Waals surface area contributed by atoms with Gasteiger partial charge in [-0.3, -0.25) is 9.69 Å². The van der Waals surface area contributed by atoms with Crippen molar-refractivity contribution in [1.82, 2.24) is 10.1 Å². The van der Waals surface area contributed by atoms with E-state index in [1.54, 1.807) is 13.0 Å². The third kappa shape index (κ3) is 4.40. The molecule has 3 aromatic rings. The summed E-state index contributed by atoms with van der Waals surface area (Å²) < 4.78 is 4.95. The summed E-state index contributed by atoms with van der Waals surface area (Å²) in [7, 11) is 0. The lowest BCUT2D eigenvalue weighted by molar-refractivity contribution is 0.101. The SMILES string of the molecule is Cc1cc(C(=O)Nc2ccc(N3CCN(Cc4ccccc4)CC3)cc2)no1. The molecule has 1 amide bonds. The highest BCUT2D eigenvalue weighted by Crippen LogP contribution is 2.20. The second-order valence-corrected chi connectivity index (χ2v) is 7.07. The van der Waals surface area contributed by atoms with Crippen LogP contribution in [0.25, 0.3) is 0 Å². The van der Waals surface area contributed by atoms with Crippen LogP contribution in [-0.4, -0.2) is 42.1 Å². The normalized spacial score (nSPS) is 14.8. The van der Waals surface area contributed by atoms with Crippen LogP contribution in [0.5, 0.6) is 0 Å². The zero-order chi connectivity index (χ0) is 19.3. The van der Waals surface area contributed by atoms with Gasteiger partial charge in [0.15, 0.2) is 5.69 Å². The van der Waals surface area contributed by atoms with Crippen LogP contribution in [0.4, 0.5) is 11.4 Å². The van der Waals surface area contributed by atoms with E-state index in [1.807, 2.05) is 12.1 Å². The van der Waals surface area contributed by atoms with E-state index in [1.165, 1.54) is 11.3 Å². The van der Waals surface area contributed by atoms with Crippen LogP contribution in [0.2, 0.25) is 0 Å². The summed E-state index contributed by atoms with van der Waals surface area (Å²) in [6.45, 7) is 6.84. The van der Waals surface area contributed by atoms with Crippen molar-refractivity contribution >= 4 is 17.3 Å². The Balaban J connectivity index is 1.30. The molecule has 1 saturated heterocycles. The second kappa shape index (κ2) is 8.27. The van der Waals surface area contributed by atoms with Crippen LogP contribution in [0.1, 0.15) is 21.8 Å². The van der Waals surface area contributed by atoms with Crippen molar-refractivity contribution in [1.29, 1.82) is 0 Å². The highest BCUT2D eigenvalue weighted by Gasteiger charge is 2.17. The number of nitrogens with zero attached hydrogens (tertiary/aromatic N) is 3. The quantitative estimate of drug-likeness (QED) is 0.738. The van der Waals surface area contributed by atoms with Crippen LogP contribution in [-0.2, 0) is 6.54 Å². The molecule has 28 heavy (non-hydrogen) atoms. The third-order valence-corrected chi connectivity index (χ3v) is 4.97. The molecule has 0 aliphatic carbocycles. The lowest BCUT2D eigenvalue weighted by Crippen LogP contribution is -2.45. The molecular formula is C22H24N4O2. The van der Waals surface area contributed by atoms with Crippen LogP contribution in [0.3, 0.4) is 0 Å². The second-order valence-electron chi connectivity index (χ2n) is 7.07. The maximum Gasteiger partial charge on any atom is 0.277 e. The van der Waals surface area contributed by atoms with E-state index < -0.39 is 0 Å². The fourth-order valence-corrected chi connectivity index (χ4v) is 3.43. The topological polar surface area (TPSA) is 61.6 Å². The molecule has 0 saturated carbocycles. The van der Waals surface area contributed by atoms with Crippen molar-refractivity contribution in [3.63, 3.8) is 0 Å². The fraction of sp³-hybridized carbons (Fsp3) is 0.273. The van der Waals surface area contributed by atoms with Gasteiger partial charge < -0.3 is 14.7 Å². The first-order valence-electron chi connectivity index (χ1n) is 9.53. The number of carbonyl (C=O) groups excluding carboxylic acids is 1. The standard InChI is InChI=1S/C22H24N4O2/c1-17-15-21(24-28-17)22(27)23-19-7-9-20(10-8-19)26-13-11-25(12-14-26)16-18-5-3-2-4-6-18/h2-10,15H,11-14,16H2,1H3,(H,23,27). The number of anilines is 2. The van der Waals surface area contributed by atoms with Gasteiger partial charge in [-0.15, -0.1) is 0 Å². The predicted octanol–water partition coefficient (Wildman–Crippen LogP) is 3.56. The first kappa shape index (κ1) is 18.3. The van der Waals surface area contributed by atoms with Gasteiger partial charge in [0.1, 0.15) is 5.76 Å². The first-order chi connectivity index (χ1) is 13.7. The largest absolute Gasteiger partial charge is 0.369 e. The monoisotopic (exact) mass is 376 g/mol. The number of piperazine rings is 1.